The monoisotopic (exact) mass is 238 g/mol. The smallest absolute Gasteiger partial charge is 0.196 e. The van der Waals surface area contributed by atoms with Crippen molar-refractivity contribution < 1.29 is 13.2 Å². The van der Waals surface area contributed by atoms with Crippen molar-refractivity contribution in [2.75, 3.05) is 10.9 Å². The van der Waals surface area contributed by atoms with Crippen LogP contribution in [0.5, 0.6) is 0 Å². The molecule has 0 aliphatic rings. The van der Waals surface area contributed by atoms with Gasteiger partial charge in [0.25, 0.3) is 0 Å². The van der Waals surface area contributed by atoms with Gasteiger partial charge in [-0.25, -0.2) is 13.2 Å². The number of hydrogen-bond donors (Lipinski definition) is 2. The summed E-state index contributed by atoms with van der Waals surface area (Å²) < 4.78 is 38.8. The third kappa shape index (κ3) is 2.50. The van der Waals surface area contributed by atoms with Crippen molar-refractivity contribution in [2.24, 2.45) is 0 Å². The largest absolute Gasteiger partial charge is 0.301 e. The summed E-state index contributed by atoms with van der Waals surface area (Å²) in [6, 6.07) is 10.8. The van der Waals surface area contributed by atoms with Crippen LogP contribution in [-0.2, 0) is 0 Å². The Bertz CT molecular complexity index is 515. The molecule has 0 saturated carbocycles. The van der Waals surface area contributed by atoms with Crippen LogP contribution in [0, 0.1) is 17.5 Å². The van der Waals surface area contributed by atoms with Gasteiger partial charge in [0, 0.05) is 0 Å². The van der Waals surface area contributed by atoms with E-state index in [1.807, 2.05) is 6.07 Å². The SMILES string of the molecule is Fc1ccc(NNc2ccccc2)c(F)c1F. The van der Waals surface area contributed by atoms with Crippen LogP contribution in [0.2, 0.25) is 0 Å². The Labute approximate surface area is 96.1 Å². The topological polar surface area (TPSA) is 24.1 Å². The van der Waals surface area contributed by atoms with Crippen LogP contribution < -0.4 is 10.9 Å². The molecule has 0 atom stereocenters. The van der Waals surface area contributed by atoms with E-state index >= 15 is 0 Å². The van der Waals surface area contributed by atoms with E-state index in [9.17, 15) is 13.2 Å². The fourth-order valence-corrected chi connectivity index (χ4v) is 1.28. The summed E-state index contributed by atoms with van der Waals surface area (Å²) in [7, 11) is 0. The number of anilines is 2. The summed E-state index contributed by atoms with van der Waals surface area (Å²) in [6.07, 6.45) is 0. The highest BCUT2D eigenvalue weighted by Crippen LogP contribution is 2.19. The maximum Gasteiger partial charge on any atom is 0.196 e. The van der Waals surface area contributed by atoms with Crippen molar-refractivity contribution in [3.05, 3.63) is 59.9 Å². The van der Waals surface area contributed by atoms with Gasteiger partial charge in [0.15, 0.2) is 17.5 Å². The molecule has 17 heavy (non-hydrogen) atoms. The zero-order chi connectivity index (χ0) is 12.3. The lowest BCUT2D eigenvalue weighted by atomic mass is 10.3. The maximum absolute atomic E-state index is 13.2. The highest BCUT2D eigenvalue weighted by molar-refractivity contribution is 5.53. The van der Waals surface area contributed by atoms with Gasteiger partial charge in [-0.2, -0.15) is 0 Å². The lowest BCUT2D eigenvalue weighted by Crippen LogP contribution is -2.11. The van der Waals surface area contributed by atoms with E-state index in [0.29, 0.717) is 5.69 Å². The number of benzene rings is 2. The van der Waals surface area contributed by atoms with Crippen LogP contribution in [-0.4, -0.2) is 0 Å². The van der Waals surface area contributed by atoms with Crippen molar-refractivity contribution in [2.45, 2.75) is 0 Å². The number of halogens is 3. The molecule has 0 aliphatic carbocycles. The Morgan fingerprint density at radius 1 is 0.706 bits per heavy atom. The highest BCUT2D eigenvalue weighted by atomic mass is 19.2. The maximum atomic E-state index is 13.2. The Morgan fingerprint density at radius 3 is 2.12 bits per heavy atom. The molecule has 2 N–H and O–H groups in total. The predicted molar refractivity (Wildman–Crippen MR) is 60.0 cm³/mol. The molecule has 0 saturated heterocycles. The molecule has 0 aromatic heterocycles. The second kappa shape index (κ2) is 4.78. The number of hydrogen-bond acceptors (Lipinski definition) is 2. The predicted octanol–water partition coefficient (Wildman–Crippen LogP) is 3.54. The Hall–Kier alpha value is -2.17. The van der Waals surface area contributed by atoms with E-state index < -0.39 is 17.5 Å². The van der Waals surface area contributed by atoms with E-state index in [2.05, 4.69) is 10.9 Å². The van der Waals surface area contributed by atoms with Crippen LogP contribution in [0.25, 0.3) is 0 Å². The molecule has 0 heterocycles. The molecule has 2 rings (SSSR count). The molecule has 0 spiro atoms. The van der Waals surface area contributed by atoms with Gasteiger partial charge >= 0.3 is 0 Å². The quantitative estimate of drug-likeness (QED) is 0.631. The third-order valence-corrected chi connectivity index (χ3v) is 2.15. The number of para-hydroxylation sites is 1. The Kier molecular flexibility index (Phi) is 3.18. The average Bonchev–Trinajstić information content (AvgIpc) is 2.36. The normalized spacial score (nSPS) is 10.1. The minimum absolute atomic E-state index is 0.159. The second-order valence-electron chi connectivity index (χ2n) is 3.34. The molecule has 2 aromatic rings. The van der Waals surface area contributed by atoms with Crippen molar-refractivity contribution >= 4 is 11.4 Å². The first-order chi connectivity index (χ1) is 8.18. The molecule has 0 fully saturated rings. The van der Waals surface area contributed by atoms with Crippen LogP contribution in [0.1, 0.15) is 0 Å². The van der Waals surface area contributed by atoms with E-state index in [0.717, 1.165) is 12.1 Å². The number of rotatable bonds is 3. The fourth-order valence-electron chi connectivity index (χ4n) is 1.28. The highest BCUT2D eigenvalue weighted by Gasteiger charge is 2.12. The van der Waals surface area contributed by atoms with Gasteiger partial charge in [-0.1, -0.05) is 18.2 Å². The molecule has 2 nitrogen and oxygen atoms in total. The van der Waals surface area contributed by atoms with Gasteiger partial charge in [-0.05, 0) is 24.3 Å². The van der Waals surface area contributed by atoms with Crippen molar-refractivity contribution in [1.29, 1.82) is 0 Å². The minimum atomic E-state index is -1.50. The number of nitrogens with one attached hydrogen (secondary N) is 2. The summed E-state index contributed by atoms with van der Waals surface area (Å²) in [5.41, 5.74) is 5.65. The van der Waals surface area contributed by atoms with Crippen LogP contribution in [0.3, 0.4) is 0 Å². The summed E-state index contributed by atoms with van der Waals surface area (Å²) >= 11 is 0. The van der Waals surface area contributed by atoms with E-state index in [4.69, 9.17) is 0 Å². The van der Waals surface area contributed by atoms with Gasteiger partial charge < -0.3 is 5.43 Å². The lowest BCUT2D eigenvalue weighted by Gasteiger charge is -2.10. The van der Waals surface area contributed by atoms with Crippen molar-refractivity contribution in [3.8, 4) is 0 Å². The van der Waals surface area contributed by atoms with Gasteiger partial charge in [0.1, 0.15) is 0 Å². The molecule has 88 valence electrons. The minimum Gasteiger partial charge on any atom is -0.301 e. The first-order valence-electron chi connectivity index (χ1n) is 4.89. The van der Waals surface area contributed by atoms with Crippen LogP contribution in [0.4, 0.5) is 24.5 Å². The molecule has 5 heteroatoms. The molecular weight excluding hydrogens is 229 g/mol. The van der Waals surface area contributed by atoms with Gasteiger partial charge in [0.2, 0.25) is 0 Å². The molecular formula is C12H9F3N2. The zero-order valence-corrected chi connectivity index (χ0v) is 8.68. The average molecular weight is 238 g/mol. The lowest BCUT2D eigenvalue weighted by molar-refractivity contribution is 0.449. The summed E-state index contributed by atoms with van der Waals surface area (Å²) in [4.78, 5) is 0. The molecule has 0 radical (unpaired) electrons. The molecule has 0 amide bonds. The summed E-state index contributed by atoms with van der Waals surface area (Å²) in [5, 5.41) is 0. The van der Waals surface area contributed by atoms with Gasteiger partial charge in [0.05, 0.1) is 11.4 Å². The number of hydrazine groups is 1. The van der Waals surface area contributed by atoms with E-state index in [1.165, 1.54) is 0 Å². The first-order valence-corrected chi connectivity index (χ1v) is 4.89. The standard InChI is InChI=1S/C12H9F3N2/c13-9-6-7-10(12(15)11(9)14)17-16-8-4-2-1-3-5-8/h1-7,16-17H. The van der Waals surface area contributed by atoms with Crippen LogP contribution in [0.15, 0.2) is 42.5 Å². The first kappa shape index (κ1) is 11.3. The molecule has 0 aliphatic heterocycles. The van der Waals surface area contributed by atoms with Crippen LogP contribution >= 0.6 is 0 Å². The van der Waals surface area contributed by atoms with Gasteiger partial charge in [-0.15, -0.1) is 0 Å². The van der Waals surface area contributed by atoms with Crippen molar-refractivity contribution in [1.82, 2.24) is 0 Å². The summed E-state index contributed by atoms with van der Waals surface area (Å²) in [5.74, 6) is -3.97. The summed E-state index contributed by atoms with van der Waals surface area (Å²) in [6.45, 7) is 0. The second-order valence-corrected chi connectivity index (χ2v) is 3.34. The zero-order valence-electron chi connectivity index (χ0n) is 8.68. The Balaban J connectivity index is 2.13. The molecule has 0 bridgehead atoms. The van der Waals surface area contributed by atoms with Crippen molar-refractivity contribution in [3.63, 3.8) is 0 Å². The molecule has 0 unspecified atom stereocenters. The molecule has 2 aromatic carbocycles. The van der Waals surface area contributed by atoms with Gasteiger partial charge in [-0.3, -0.25) is 5.43 Å². The fraction of sp³-hybridized carbons (Fsp3) is 0. The van der Waals surface area contributed by atoms with E-state index in [-0.39, 0.29) is 5.69 Å². The third-order valence-electron chi connectivity index (χ3n) is 2.15. The Morgan fingerprint density at radius 2 is 1.41 bits per heavy atom. The van der Waals surface area contributed by atoms with E-state index in [1.54, 1.807) is 24.3 Å².